The summed E-state index contributed by atoms with van der Waals surface area (Å²) in [5.74, 6) is -1.22. The fourth-order valence-electron chi connectivity index (χ4n) is 2.14. The zero-order valence-corrected chi connectivity index (χ0v) is 12.5. The van der Waals surface area contributed by atoms with Crippen LogP contribution in [0.15, 0.2) is 24.3 Å². The van der Waals surface area contributed by atoms with Gasteiger partial charge in [0.25, 0.3) is 0 Å². The van der Waals surface area contributed by atoms with Crippen molar-refractivity contribution in [3.63, 3.8) is 0 Å². The molecule has 1 aromatic carbocycles. The van der Waals surface area contributed by atoms with Gasteiger partial charge in [-0.05, 0) is 37.0 Å². The lowest BCUT2D eigenvalue weighted by molar-refractivity contribution is -0.139. The van der Waals surface area contributed by atoms with Crippen LogP contribution in [0.3, 0.4) is 0 Å². The average molecular weight is 311 g/mol. The molecule has 114 valence electrons. The van der Waals surface area contributed by atoms with Gasteiger partial charge in [0.05, 0.1) is 6.10 Å². The number of carbonyl (C=O) groups excluding carboxylic acids is 2. The SMILES string of the molecule is O=C(NCCc1ccc(Cl)cc1)C(=O)NC[C@H]1CCCO1. The zero-order chi connectivity index (χ0) is 15.1. The lowest BCUT2D eigenvalue weighted by Crippen LogP contribution is -2.43. The number of nitrogens with one attached hydrogen (secondary N) is 2. The van der Waals surface area contributed by atoms with E-state index in [0.717, 1.165) is 25.0 Å². The van der Waals surface area contributed by atoms with Crippen LogP contribution in [0.2, 0.25) is 5.02 Å². The Labute approximate surface area is 129 Å². The molecule has 1 aliphatic heterocycles. The van der Waals surface area contributed by atoms with Gasteiger partial charge in [-0.3, -0.25) is 9.59 Å². The molecule has 0 aromatic heterocycles. The van der Waals surface area contributed by atoms with Crippen LogP contribution in [0, 0.1) is 0 Å². The first-order valence-corrected chi connectivity index (χ1v) is 7.45. The Bertz CT molecular complexity index is 484. The highest BCUT2D eigenvalue weighted by Gasteiger charge is 2.18. The van der Waals surface area contributed by atoms with E-state index in [4.69, 9.17) is 16.3 Å². The number of halogens is 1. The summed E-state index contributed by atoms with van der Waals surface area (Å²) in [5, 5.41) is 5.86. The summed E-state index contributed by atoms with van der Waals surface area (Å²) < 4.78 is 5.37. The molecule has 1 saturated heterocycles. The van der Waals surface area contributed by atoms with Gasteiger partial charge < -0.3 is 15.4 Å². The van der Waals surface area contributed by atoms with Crippen LogP contribution in [0.1, 0.15) is 18.4 Å². The summed E-state index contributed by atoms with van der Waals surface area (Å²) in [6.07, 6.45) is 2.63. The molecule has 1 aliphatic rings. The van der Waals surface area contributed by atoms with Crippen molar-refractivity contribution in [3.05, 3.63) is 34.9 Å². The summed E-state index contributed by atoms with van der Waals surface area (Å²) in [4.78, 5) is 23.2. The smallest absolute Gasteiger partial charge is 0.309 e. The zero-order valence-electron chi connectivity index (χ0n) is 11.7. The normalized spacial score (nSPS) is 17.5. The molecule has 1 fully saturated rings. The summed E-state index contributed by atoms with van der Waals surface area (Å²) in [6, 6.07) is 7.39. The van der Waals surface area contributed by atoms with Crippen LogP contribution >= 0.6 is 11.6 Å². The molecule has 0 bridgehead atoms. The molecule has 2 rings (SSSR count). The molecular formula is C15H19ClN2O3. The predicted octanol–water partition coefficient (Wildman–Crippen LogP) is 1.29. The van der Waals surface area contributed by atoms with Crippen LogP contribution in [-0.4, -0.2) is 37.6 Å². The Hall–Kier alpha value is -1.59. The molecule has 0 spiro atoms. The van der Waals surface area contributed by atoms with Gasteiger partial charge in [0.2, 0.25) is 0 Å². The highest BCUT2D eigenvalue weighted by Crippen LogP contribution is 2.10. The highest BCUT2D eigenvalue weighted by atomic mass is 35.5. The number of ether oxygens (including phenoxy) is 1. The maximum atomic E-state index is 11.6. The summed E-state index contributed by atoms with van der Waals surface area (Å²) in [7, 11) is 0. The molecule has 6 heteroatoms. The lowest BCUT2D eigenvalue weighted by atomic mass is 10.1. The number of amides is 2. The maximum Gasteiger partial charge on any atom is 0.309 e. The van der Waals surface area contributed by atoms with Gasteiger partial charge in [0.1, 0.15) is 0 Å². The van der Waals surface area contributed by atoms with Gasteiger partial charge in [0, 0.05) is 24.7 Å². The number of hydrogen-bond acceptors (Lipinski definition) is 3. The molecule has 5 nitrogen and oxygen atoms in total. The van der Waals surface area contributed by atoms with Crippen molar-refractivity contribution in [3.8, 4) is 0 Å². The second-order valence-electron chi connectivity index (χ2n) is 4.98. The summed E-state index contributed by atoms with van der Waals surface area (Å²) >= 11 is 5.79. The third-order valence-electron chi connectivity index (χ3n) is 3.33. The average Bonchev–Trinajstić information content (AvgIpc) is 3.00. The van der Waals surface area contributed by atoms with E-state index < -0.39 is 11.8 Å². The third kappa shape index (κ3) is 5.36. The molecule has 0 unspecified atom stereocenters. The van der Waals surface area contributed by atoms with E-state index in [1.807, 2.05) is 12.1 Å². The van der Waals surface area contributed by atoms with Crippen molar-refractivity contribution in [2.45, 2.75) is 25.4 Å². The van der Waals surface area contributed by atoms with Crippen molar-refractivity contribution >= 4 is 23.4 Å². The predicted molar refractivity (Wildman–Crippen MR) is 80.1 cm³/mol. The minimum Gasteiger partial charge on any atom is -0.376 e. The molecule has 1 aromatic rings. The molecule has 1 heterocycles. The molecule has 0 radical (unpaired) electrons. The minimum atomic E-state index is -0.610. The molecule has 0 aliphatic carbocycles. The number of hydrogen-bond donors (Lipinski definition) is 2. The van der Waals surface area contributed by atoms with Crippen LogP contribution in [-0.2, 0) is 20.7 Å². The second kappa shape index (κ2) is 8.00. The van der Waals surface area contributed by atoms with Crippen LogP contribution in [0.4, 0.5) is 0 Å². The second-order valence-corrected chi connectivity index (χ2v) is 5.41. The quantitative estimate of drug-likeness (QED) is 0.805. The minimum absolute atomic E-state index is 0.0378. The van der Waals surface area contributed by atoms with Crippen molar-refractivity contribution in [1.29, 1.82) is 0 Å². The van der Waals surface area contributed by atoms with Crippen LogP contribution in [0.25, 0.3) is 0 Å². The topological polar surface area (TPSA) is 67.4 Å². The Kier molecular flexibility index (Phi) is 6.02. The van der Waals surface area contributed by atoms with E-state index >= 15 is 0 Å². The first-order chi connectivity index (χ1) is 10.1. The van der Waals surface area contributed by atoms with E-state index in [-0.39, 0.29) is 6.10 Å². The standard InChI is InChI=1S/C15H19ClN2O3/c16-12-5-3-11(4-6-12)7-8-17-14(19)15(20)18-10-13-2-1-9-21-13/h3-6,13H,1-2,7-10H2,(H,17,19)(H,18,20)/t13-/m1/s1. The van der Waals surface area contributed by atoms with Gasteiger partial charge >= 0.3 is 11.8 Å². The Morgan fingerprint density at radius 2 is 1.90 bits per heavy atom. The molecule has 0 saturated carbocycles. The summed E-state index contributed by atoms with van der Waals surface area (Å²) in [5.41, 5.74) is 1.06. The fraction of sp³-hybridized carbons (Fsp3) is 0.467. The van der Waals surface area contributed by atoms with Crippen molar-refractivity contribution in [2.75, 3.05) is 19.7 Å². The Morgan fingerprint density at radius 1 is 1.19 bits per heavy atom. The van der Waals surface area contributed by atoms with Gasteiger partial charge in [-0.15, -0.1) is 0 Å². The van der Waals surface area contributed by atoms with Gasteiger partial charge in [0.15, 0.2) is 0 Å². The van der Waals surface area contributed by atoms with Crippen molar-refractivity contribution in [1.82, 2.24) is 10.6 Å². The first-order valence-electron chi connectivity index (χ1n) is 7.07. The van der Waals surface area contributed by atoms with E-state index in [0.29, 0.717) is 24.5 Å². The molecule has 1 atom stereocenters. The summed E-state index contributed by atoms with van der Waals surface area (Å²) in [6.45, 7) is 1.53. The maximum absolute atomic E-state index is 11.6. The van der Waals surface area contributed by atoms with E-state index in [2.05, 4.69) is 10.6 Å². The molecular weight excluding hydrogens is 292 g/mol. The third-order valence-corrected chi connectivity index (χ3v) is 3.58. The number of benzene rings is 1. The van der Waals surface area contributed by atoms with Crippen molar-refractivity contribution < 1.29 is 14.3 Å². The van der Waals surface area contributed by atoms with E-state index in [1.165, 1.54) is 0 Å². The van der Waals surface area contributed by atoms with E-state index in [9.17, 15) is 9.59 Å². The molecule has 2 amide bonds. The van der Waals surface area contributed by atoms with Gasteiger partial charge in [-0.1, -0.05) is 23.7 Å². The lowest BCUT2D eigenvalue weighted by Gasteiger charge is -2.10. The number of carbonyl (C=O) groups is 2. The van der Waals surface area contributed by atoms with Crippen LogP contribution in [0.5, 0.6) is 0 Å². The van der Waals surface area contributed by atoms with E-state index in [1.54, 1.807) is 12.1 Å². The monoisotopic (exact) mass is 310 g/mol. The van der Waals surface area contributed by atoms with Gasteiger partial charge in [-0.2, -0.15) is 0 Å². The highest BCUT2D eigenvalue weighted by molar-refractivity contribution is 6.35. The first kappa shape index (κ1) is 15.8. The van der Waals surface area contributed by atoms with Crippen LogP contribution < -0.4 is 10.6 Å². The van der Waals surface area contributed by atoms with Crippen molar-refractivity contribution in [2.24, 2.45) is 0 Å². The largest absolute Gasteiger partial charge is 0.376 e. The molecule has 21 heavy (non-hydrogen) atoms. The Balaban J connectivity index is 1.63. The Morgan fingerprint density at radius 3 is 2.57 bits per heavy atom. The van der Waals surface area contributed by atoms with Gasteiger partial charge in [-0.25, -0.2) is 0 Å². The number of rotatable bonds is 5. The fourth-order valence-corrected chi connectivity index (χ4v) is 2.27. The molecule has 2 N–H and O–H groups in total.